The second kappa shape index (κ2) is 4.57. The average molecular weight is 278 g/mol. The zero-order chi connectivity index (χ0) is 13.5. The van der Waals surface area contributed by atoms with Gasteiger partial charge in [0.05, 0.1) is 0 Å². The van der Waals surface area contributed by atoms with Crippen LogP contribution in [-0.4, -0.2) is 18.3 Å². The number of hydrogen-bond acceptors (Lipinski definition) is 2. The van der Waals surface area contributed by atoms with Gasteiger partial charge in [0.25, 0.3) is 5.91 Å². The number of carbonyl (C=O) groups is 1. The van der Waals surface area contributed by atoms with Crippen LogP contribution in [0.25, 0.3) is 11.0 Å². The first-order valence-electron chi connectivity index (χ1n) is 6.46. The molecule has 19 heavy (non-hydrogen) atoms. The molecule has 1 N–H and O–H groups in total. The van der Waals surface area contributed by atoms with Crippen LogP contribution in [-0.2, 0) is 0 Å². The van der Waals surface area contributed by atoms with Crippen molar-refractivity contribution >= 4 is 28.5 Å². The Hall–Kier alpha value is -1.48. The van der Waals surface area contributed by atoms with Crippen molar-refractivity contribution in [2.45, 2.75) is 19.8 Å². The number of benzene rings is 1. The molecule has 0 unspecified atom stereocenters. The van der Waals surface area contributed by atoms with E-state index < -0.39 is 0 Å². The number of furan rings is 1. The largest absolute Gasteiger partial charge is 0.451 e. The van der Waals surface area contributed by atoms with E-state index in [1.54, 1.807) is 6.07 Å². The molecule has 1 aliphatic carbocycles. The molecule has 1 fully saturated rings. The highest BCUT2D eigenvalue weighted by Gasteiger charge is 2.41. The van der Waals surface area contributed by atoms with E-state index in [9.17, 15) is 4.79 Å². The Kier molecular flexibility index (Phi) is 3.02. The zero-order valence-corrected chi connectivity index (χ0v) is 11.6. The van der Waals surface area contributed by atoms with Gasteiger partial charge in [-0.05, 0) is 38.0 Å². The number of amides is 1. The van der Waals surface area contributed by atoms with Crippen molar-refractivity contribution in [2.24, 2.45) is 5.41 Å². The van der Waals surface area contributed by atoms with E-state index in [2.05, 4.69) is 5.32 Å². The fraction of sp³-hybridized carbons (Fsp3) is 0.400. The highest BCUT2D eigenvalue weighted by Crippen LogP contribution is 2.45. The van der Waals surface area contributed by atoms with E-state index in [1.807, 2.05) is 25.1 Å². The van der Waals surface area contributed by atoms with Crippen LogP contribution in [0.4, 0.5) is 0 Å². The SMILES string of the molecule is Cc1ccc2oc(C(=O)NCC3(CCl)CC3)cc2c1. The van der Waals surface area contributed by atoms with Crippen molar-refractivity contribution in [3.05, 3.63) is 35.6 Å². The van der Waals surface area contributed by atoms with Crippen LogP contribution in [0.3, 0.4) is 0 Å². The third-order valence-corrected chi connectivity index (χ3v) is 4.33. The van der Waals surface area contributed by atoms with Crippen molar-refractivity contribution in [2.75, 3.05) is 12.4 Å². The zero-order valence-electron chi connectivity index (χ0n) is 10.8. The standard InChI is InChI=1S/C15H16ClNO2/c1-10-2-3-12-11(6-10)7-13(19-12)14(18)17-9-15(8-16)4-5-15/h2-3,6-7H,4-5,8-9H2,1H3,(H,17,18). The molecule has 0 atom stereocenters. The van der Waals surface area contributed by atoms with Crippen molar-refractivity contribution in [3.63, 3.8) is 0 Å². The van der Waals surface area contributed by atoms with E-state index in [0.717, 1.165) is 29.4 Å². The third kappa shape index (κ3) is 2.47. The number of aryl methyl sites for hydroxylation is 1. The fourth-order valence-electron chi connectivity index (χ4n) is 2.16. The van der Waals surface area contributed by atoms with E-state index in [-0.39, 0.29) is 11.3 Å². The predicted octanol–water partition coefficient (Wildman–Crippen LogP) is 3.49. The molecule has 4 heteroatoms. The highest BCUT2D eigenvalue weighted by molar-refractivity contribution is 6.18. The van der Waals surface area contributed by atoms with Gasteiger partial charge in [-0.15, -0.1) is 11.6 Å². The molecule has 1 amide bonds. The topological polar surface area (TPSA) is 42.2 Å². The summed E-state index contributed by atoms with van der Waals surface area (Å²) in [6, 6.07) is 7.66. The molecular weight excluding hydrogens is 262 g/mol. The van der Waals surface area contributed by atoms with Gasteiger partial charge >= 0.3 is 0 Å². The molecule has 100 valence electrons. The first-order chi connectivity index (χ1) is 9.12. The summed E-state index contributed by atoms with van der Waals surface area (Å²) in [4.78, 5) is 12.0. The van der Waals surface area contributed by atoms with E-state index in [0.29, 0.717) is 18.2 Å². The lowest BCUT2D eigenvalue weighted by atomic mass is 10.1. The fourth-order valence-corrected chi connectivity index (χ4v) is 2.53. The van der Waals surface area contributed by atoms with Crippen LogP contribution in [0, 0.1) is 12.3 Å². The molecule has 0 radical (unpaired) electrons. The van der Waals surface area contributed by atoms with E-state index in [1.165, 1.54) is 0 Å². The first kappa shape index (κ1) is 12.5. The van der Waals surface area contributed by atoms with Gasteiger partial charge in [-0.2, -0.15) is 0 Å². The van der Waals surface area contributed by atoms with Crippen molar-refractivity contribution in [1.29, 1.82) is 0 Å². The number of hydrogen-bond donors (Lipinski definition) is 1. The van der Waals surface area contributed by atoms with Gasteiger partial charge < -0.3 is 9.73 Å². The summed E-state index contributed by atoms with van der Waals surface area (Å²) in [6.45, 7) is 2.65. The van der Waals surface area contributed by atoms with Crippen LogP contribution in [0.5, 0.6) is 0 Å². The average Bonchev–Trinajstić information content (AvgIpc) is 3.07. The van der Waals surface area contributed by atoms with Crippen LogP contribution < -0.4 is 5.32 Å². The molecule has 1 aromatic heterocycles. The molecule has 0 aliphatic heterocycles. The van der Waals surface area contributed by atoms with Crippen LogP contribution >= 0.6 is 11.6 Å². The minimum Gasteiger partial charge on any atom is -0.451 e. The van der Waals surface area contributed by atoms with Crippen molar-refractivity contribution in [3.8, 4) is 0 Å². The van der Waals surface area contributed by atoms with Crippen LogP contribution in [0.15, 0.2) is 28.7 Å². The van der Waals surface area contributed by atoms with Gasteiger partial charge in [-0.3, -0.25) is 4.79 Å². The smallest absolute Gasteiger partial charge is 0.287 e. The molecule has 1 aliphatic rings. The number of halogens is 1. The lowest BCUT2D eigenvalue weighted by Gasteiger charge is -2.11. The number of rotatable bonds is 4. The molecule has 3 rings (SSSR count). The Labute approximate surface area is 116 Å². The summed E-state index contributed by atoms with van der Waals surface area (Å²) in [5, 5.41) is 3.87. The van der Waals surface area contributed by atoms with Crippen molar-refractivity contribution < 1.29 is 9.21 Å². The molecule has 0 saturated heterocycles. The highest BCUT2D eigenvalue weighted by atomic mass is 35.5. The van der Waals surface area contributed by atoms with Gasteiger partial charge in [0.2, 0.25) is 0 Å². The number of fused-ring (bicyclic) bond motifs is 1. The summed E-state index contributed by atoms with van der Waals surface area (Å²) >= 11 is 5.89. The molecule has 1 aromatic carbocycles. The third-order valence-electron chi connectivity index (χ3n) is 3.76. The number of alkyl halides is 1. The Bertz CT molecular complexity index is 628. The first-order valence-corrected chi connectivity index (χ1v) is 7.00. The minimum absolute atomic E-state index is 0.125. The van der Waals surface area contributed by atoms with Gasteiger partial charge in [-0.25, -0.2) is 0 Å². The maximum Gasteiger partial charge on any atom is 0.287 e. The van der Waals surface area contributed by atoms with Gasteiger partial charge in [0, 0.05) is 23.2 Å². The number of carbonyl (C=O) groups excluding carboxylic acids is 1. The number of nitrogens with one attached hydrogen (secondary N) is 1. The molecule has 0 spiro atoms. The Morgan fingerprint density at radius 2 is 2.21 bits per heavy atom. The minimum atomic E-state index is -0.162. The quantitative estimate of drug-likeness (QED) is 0.869. The molecule has 1 saturated carbocycles. The lowest BCUT2D eigenvalue weighted by molar-refractivity contribution is 0.0921. The normalized spacial score (nSPS) is 16.5. The predicted molar refractivity (Wildman–Crippen MR) is 75.7 cm³/mol. The maximum absolute atomic E-state index is 12.0. The molecule has 3 nitrogen and oxygen atoms in total. The lowest BCUT2D eigenvalue weighted by Crippen LogP contribution is -2.30. The van der Waals surface area contributed by atoms with Gasteiger partial charge in [-0.1, -0.05) is 11.6 Å². The second-order valence-electron chi connectivity index (χ2n) is 5.47. The second-order valence-corrected chi connectivity index (χ2v) is 5.74. The summed E-state index contributed by atoms with van der Waals surface area (Å²) in [5.74, 6) is 0.809. The van der Waals surface area contributed by atoms with Gasteiger partial charge in [0.15, 0.2) is 5.76 Å². The summed E-state index contributed by atoms with van der Waals surface area (Å²) in [5.41, 5.74) is 2.02. The Morgan fingerprint density at radius 1 is 1.42 bits per heavy atom. The van der Waals surface area contributed by atoms with Crippen LogP contribution in [0.1, 0.15) is 29.0 Å². The molecule has 2 aromatic rings. The summed E-state index contributed by atoms with van der Waals surface area (Å²) in [6.07, 6.45) is 2.19. The maximum atomic E-state index is 12.0. The van der Waals surface area contributed by atoms with E-state index >= 15 is 0 Å². The monoisotopic (exact) mass is 277 g/mol. The Morgan fingerprint density at radius 3 is 2.89 bits per heavy atom. The molecular formula is C15H16ClNO2. The van der Waals surface area contributed by atoms with Crippen molar-refractivity contribution in [1.82, 2.24) is 5.32 Å². The van der Waals surface area contributed by atoms with Crippen LogP contribution in [0.2, 0.25) is 0 Å². The Balaban J connectivity index is 1.74. The van der Waals surface area contributed by atoms with E-state index in [4.69, 9.17) is 16.0 Å². The van der Waals surface area contributed by atoms with Gasteiger partial charge in [0.1, 0.15) is 5.58 Å². The summed E-state index contributed by atoms with van der Waals surface area (Å²) in [7, 11) is 0. The molecule has 1 heterocycles. The molecule has 0 bridgehead atoms. The summed E-state index contributed by atoms with van der Waals surface area (Å²) < 4.78 is 5.56.